The molecule has 6 atom stereocenters. The molecular weight excluding hydrogens is 186 g/mol. The van der Waals surface area contributed by atoms with E-state index in [0.717, 1.165) is 23.8 Å². The molecule has 1 N–H and O–H groups in total. The highest BCUT2D eigenvalue weighted by Gasteiger charge is 2.49. The van der Waals surface area contributed by atoms with Crippen molar-refractivity contribution < 1.29 is 4.74 Å². The summed E-state index contributed by atoms with van der Waals surface area (Å²) >= 11 is 0. The summed E-state index contributed by atoms with van der Waals surface area (Å²) in [6.07, 6.45) is 7.74. The average molecular weight is 209 g/mol. The molecule has 2 nitrogen and oxygen atoms in total. The molecule has 0 aromatic carbocycles. The van der Waals surface area contributed by atoms with Gasteiger partial charge in [-0.15, -0.1) is 0 Å². The lowest BCUT2D eigenvalue weighted by Crippen LogP contribution is -2.42. The van der Waals surface area contributed by atoms with Gasteiger partial charge in [0.2, 0.25) is 0 Å². The molecule has 0 aromatic heterocycles. The second kappa shape index (κ2) is 3.74. The van der Waals surface area contributed by atoms with E-state index in [4.69, 9.17) is 4.74 Å². The lowest BCUT2D eigenvalue weighted by molar-refractivity contribution is -0.102. The van der Waals surface area contributed by atoms with Crippen molar-refractivity contribution in [3.8, 4) is 0 Å². The molecule has 0 spiro atoms. The SMILES string of the molecule is CC1CC(C)C2C(NC3CCCCC32)O1. The first-order valence-corrected chi connectivity index (χ1v) is 6.67. The molecule has 0 radical (unpaired) electrons. The Morgan fingerprint density at radius 1 is 1.13 bits per heavy atom. The molecule has 0 amide bonds. The second-order valence-corrected chi connectivity index (χ2v) is 5.88. The predicted molar refractivity (Wildman–Crippen MR) is 60.5 cm³/mol. The Morgan fingerprint density at radius 3 is 2.80 bits per heavy atom. The van der Waals surface area contributed by atoms with Crippen LogP contribution in [0.3, 0.4) is 0 Å². The Labute approximate surface area is 92.8 Å². The molecule has 3 fully saturated rings. The number of fused-ring (bicyclic) bond motifs is 3. The van der Waals surface area contributed by atoms with Gasteiger partial charge in [0.05, 0.1) is 6.10 Å². The summed E-state index contributed by atoms with van der Waals surface area (Å²) in [4.78, 5) is 0. The molecule has 2 heterocycles. The number of nitrogens with one attached hydrogen (secondary N) is 1. The van der Waals surface area contributed by atoms with Gasteiger partial charge in [-0.3, -0.25) is 5.32 Å². The van der Waals surface area contributed by atoms with Gasteiger partial charge in [0, 0.05) is 12.0 Å². The van der Waals surface area contributed by atoms with Gasteiger partial charge in [-0.25, -0.2) is 0 Å². The number of ether oxygens (including phenoxy) is 1. The third-order valence-corrected chi connectivity index (χ3v) is 4.78. The van der Waals surface area contributed by atoms with Gasteiger partial charge >= 0.3 is 0 Å². The van der Waals surface area contributed by atoms with Crippen LogP contribution in [0.5, 0.6) is 0 Å². The fourth-order valence-corrected chi connectivity index (χ4v) is 4.21. The van der Waals surface area contributed by atoms with E-state index < -0.39 is 0 Å². The summed E-state index contributed by atoms with van der Waals surface area (Å²) in [6.45, 7) is 4.64. The molecule has 15 heavy (non-hydrogen) atoms. The van der Waals surface area contributed by atoms with Crippen LogP contribution in [0.2, 0.25) is 0 Å². The molecule has 86 valence electrons. The van der Waals surface area contributed by atoms with Crippen LogP contribution in [0.1, 0.15) is 46.0 Å². The topological polar surface area (TPSA) is 21.3 Å². The van der Waals surface area contributed by atoms with Crippen molar-refractivity contribution in [1.29, 1.82) is 0 Å². The van der Waals surface area contributed by atoms with Crippen molar-refractivity contribution in [3.05, 3.63) is 0 Å². The zero-order valence-electron chi connectivity index (χ0n) is 9.91. The van der Waals surface area contributed by atoms with Gasteiger partial charge in [-0.05, 0) is 38.0 Å². The summed E-state index contributed by atoms with van der Waals surface area (Å²) in [5, 5.41) is 3.73. The minimum atomic E-state index is 0.372. The van der Waals surface area contributed by atoms with Crippen molar-refractivity contribution in [2.45, 2.75) is 64.3 Å². The van der Waals surface area contributed by atoms with Crippen molar-refractivity contribution in [3.63, 3.8) is 0 Å². The van der Waals surface area contributed by atoms with E-state index in [1.807, 2.05) is 0 Å². The molecule has 0 bridgehead atoms. The summed E-state index contributed by atoms with van der Waals surface area (Å²) in [7, 11) is 0. The van der Waals surface area contributed by atoms with Crippen molar-refractivity contribution in [2.75, 3.05) is 0 Å². The molecule has 1 saturated carbocycles. The minimum Gasteiger partial charge on any atom is -0.360 e. The number of hydrogen-bond donors (Lipinski definition) is 1. The maximum Gasteiger partial charge on any atom is 0.112 e. The van der Waals surface area contributed by atoms with Gasteiger partial charge in [-0.2, -0.15) is 0 Å². The minimum absolute atomic E-state index is 0.372. The lowest BCUT2D eigenvalue weighted by atomic mass is 9.72. The molecule has 3 rings (SSSR count). The monoisotopic (exact) mass is 209 g/mol. The van der Waals surface area contributed by atoms with Gasteiger partial charge < -0.3 is 4.74 Å². The van der Waals surface area contributed by atoms with Crippen LogP contribution in [0.25, 0.3) is 0 Å². The van der Waals surface area contributed by atoms with Gasteiger partial charge in [0.1, 0.15) is 6.23 Å². The summed E-state index contributed by atoms with van der Waals surface area (Å²) < 4.78 is 6.06. The van der Waals surface area contributed by atoms with Crippen LogP contribution in [-0.2, 0) is 4.74 Å². The Balaban J connectivity index is 1.79. The van der Waals surface area contributed by atoms with Crippen LogP contribution >= 0.6 is 0 Å². The van der Waals surface area contributed by atoms with Crippen molar-refractivity contribution >= 4 is 0 Å². The summed E-state index contributed by atoms with van der Waals surface area (Å²) in [5.74, 6) is 2.55. The van der Waals surface area contributed by atoms with E-state index in [-0.39, 0.29) is 0 Å². The van der Waals surface area contributed by atoms with Crippen LogP contribution in [0.15, 0.2) is 0 Å². The van der Waals surface area contributed by atoms with E-state index >= 15 is 0 Å². The van der Waals surface area contributed by atoms with Crippen molar-refractivity contribution in [1.82, 2.24) is 5.32 Å². The van der Waals surface area contributed by atoms with Gasteiger partial charge in [-0.1, -0.05) is 19.8 Å². The van der Waals surface area contributed by atoms with Crippen LogP contribution in [0.4, 0.5) is 0 Å². The third kappa shape index (κ3) is 1.62. The molecule has 2 heteroatoms. The van der Waals surface area contributed by atoms with E-state index in [2.05, 4.69) is 19.2 Å². The lowest BCUT2D eigenvalue weighted by Gasteiger charge is -2.38. The smallest absolute Gasteiger partial charge is 0.112 e. The zero-order valence-corrected chi connectivity index (χ0v) is 9.91. The standard InChI is InChI=1S/C13H23NO/c1-8-7-9(2)15-13-12(8)10-5-3-4-6-11(10)14-13/h8-14H,3-7H2,1-2H3. The highest BCUT2D eigenvalue weighted by Crippen LogP contribution is 2.45. The number of hydrogen-bond acceptors (Lipinski definition) is 2. The fraction of sp³-hybridized carbons (Fsp3) is 1.00. The van der Waals surface area contributed by atoms with E-state index in [0.29, 0.717) is 12.3 Å². The quantitative estimate of drug-likeness (QED) is 0.662. The molecule has 1 aliphatic carbocycles. The van der Waals surface area contributed by atoms with Gasteiger partial charge in [0.25, 0.3) is 0 Å². The Kier molecular flexibility index (Phi) is 2.52. The largest absolute Gasteiger partial charge is 0.360 e. The molecule has 6 unspecified atom stereocenters. The van der Waals surface area contributed by atoms with E-state index in [9.17, 15) is 0 Å². The Bertz CT molecular complexity index is 243. The zero-order chi connectivity index (χ0) is 10.4. The second-order valence-electron chi connectivity index (χ2n) is 5.88. The van der Waals surface area contributed by atoms with Crippen molar-refractivity contribution in [2.24, 2.45) is 17.8 Å². The van der Waals surface area contributed by atoms with Crippen LogP contribution < -0.4 is 5.32 Å². The predicted octanol–water partition coefficient (Wildman–Crippen LogP) is 2.54. The Morgan fingerprint density at radius 2 is 1.93 bits per heavy atom. The first-order chi connectivity index (χ1) is 7.25. The molecule has 3 aliphatic rings. The molecule has 2 aliphatic heterocycles. The third-order valence-electron chi connectivity index (χ3n) is 4.78. The highest BCUT2D eigenvalue weighted by atomic mass is 16.5. The first kappa shape index (κ1) is 10.1. The van der Waals surface area contributed by atoms with Gasteiger partial charge in [0.15, 0.2) is 0 Å². The van der Waals surface area contributed by atoms with E-state index in [1.165, 1.54) is 32.1 Å². The highest BCUT2D eigenvalue weighted by molar-refractivity contribution is 4.99. The molecule has 2 saturated heterocycles. The Hall–Kier alpha value is -0.0800. The molecular formula is C13H23NO. The maximum absolute atomic E-state index is 6.06. The van der Waals surface area contributed by atoms with E-state index in [1.54, 1.807) is 0 Å². The first-order valence-electron chi connectivity index (χ1n) is 6.67. The summed E-state index contributed by atoms with van der Waals surface area (Å²) in [6, 6.07) is 0.765. The fourth-order valence-electron chi connectivity index (χ4n) is 4.21. The average Bonchev–Trinajstić information content (AvgIpc) is 2.54. The van der Waals surface area contributed by atoms with Crippen LogP contribution in [0, 0.1) is 17.8 Å². The number of rotatable bonds is 0. The molecule has 0 aromatic rings. The van der Waals surface area contributed by atoms with Crippen LogP contribution in [-0.4, -0.2) is 18.4 Å². The normalized spacial score (nSPS) is 54.8. The summed E-state index contributed by atoms with van der Waals surface area (Å²) in [5.41, 5.74) is 0. The maximum atomic E-state index is 6.06.